The van der Waals surface area contributed by atoms with Crippen LogP contribution in [0, 0.1) is 5.92 Å². The first kappa shape index (κ1) is 17.3. The predicted octanol–water partition coefficient (Wildman–Crippen LogP) is 1.10. The molecular weight excluding hydrogens is 296 g/mol. The second-order valence-electron chi connectivity index (χ2n) is 5.55. The minimum atomic E-state index is -0.447. The summed E-state index contributed by atoms with van der Waals surface area (Å²) in [4.78, 5) is 26.5. The predicted molar refractivity (Wildman–Crippen MR) is 85.9 cm³/mol. The van der Waals surface area contributed by atoms with Gasteiger partial charge in [-0.05, 0) is 19.4 Å². The summed E-state index contributed by atoms with van der Waals surface area (Å²) in [6, 6.07) is 7.17. The maximum absolute atomic E-state index is 12.5. The third-order valence-corrected chi connectivity index (χ3v) is 4.20. The second-order valence-corrected chi connectivity index (χ2v) is 5.55. The van der Waals surface area contributed by atoms with Crippen LogP contribution in [-0.2, 0) is 9.59 Å². The Morgan fingerprint density at radius 3 is 2.83 bits per heavy atom. The van der Waals surface area contributed by atoms with Gasteiger partial charge < -0.3 is 20.1 Å². The zero-order valence-electron chi connectivity index (χ0n) is 13.6. The Balaban J connectivity index is 2.29. The number of methoxy groups -OCH3 is 1. The molecule has 0 aliphatic carbocycles. The molecule has 1 aliphatic heterocycles. The van der Waals surface area contributed by atoms with Crippen LogP contribution in [0.15, 0.2) is 24.3 Å². The van der Waals surface area contributed by atoms with Crippen LogP contribution < -0.4 is 10.1 Å². The van der Waals surface area contributed by atoms with E-state index in [0.717, 1.165) is 5.56 Å². The number of para-hydroxylation sites is 1. The van der Waals surface area contributed by atoms with Gasteiger partial charge in [-0.3, -0.25) is 9.59 Å². The normalized spacial score (nSPS) is 20.7. The van der Waals surface area contributed by atoms with Crippen molar-refractivity contribution in [2.75, 3.05) is 26.8 Å². The molecule has 0 bridgehead atoms. The molecule has 1 aliphatic rings. The van der Waals surface area contributed by atoms with E-state index in [2.05, 4.69) is 5.32 Å². The molecule has 6 heteroatoms. The quantitative estimate of drug-likeness (QED) is 0.738. The zero-order valence-corrected chi connectivity index (χ0v) is 13.6. The van der Waals surface area contributed by atoms with Crippen LogP contribution >= 0.6 is 0 Å². The topological polar surface area (TPSA) is 78.9 Å². The number of amides is 2. The van der Waals surface area contributed by atoms with Gasteiger partial charge in [0.05, 0.1) is 19.1 Å². The highest BCUT2D eigenvalue weighted by molar-refractivity contribution is 5.90. The average Bonchev–Trinajstić information content (AvgIpc) is 2.91. The smallest absolute Gasteiger partial charge is 0.226 e. The number of nitrogens with zero attached hydrogens (tertiary/aromatic N) is 1. The number of carbonyl (C=O) groups excluding carboxylic acids is 2. The summed E-state index contributed by atoms with van der Waals surface area (Å²) >= 11 is 0. The standard InChI is InChI=1S/C17H24N2O4/c1-3-19-15(21)11-13(17(22)18-9-6-10-20)16(19)12-7-4-5-8-14(12)23-2/h4-5,7-8,13,16,20H,3,6,9-11H2,1-2H3,(H,18,22)/t13-,16+/m1/s1. The van der Waals surface area contributed by atoms with Crippen LogP contribution in [0.4, 0.5) is 0 Å². The van der Waals surface area contributed by atoms with E-state index in [1.807, 2.05) is 31.2 Å². The lowest BCUT2D eigenvalue weighted by Gasteiger charge is -2.28. The number of hydrogen-bond donors (Lipinski definition) is 2. The van der Waals surface area contributed by atoms with Crippen molar-refractivity contribution in [1.82, 2.24) is 10.2 Å². The second kappa shape index (κ2) is 7.97. The third-order valence-electron chi connectivity index (χ3n) is 4.20. The molecule has 2 rings (SSSR count). The minimum absolute atomic E-state index is 0.0225. The van der Waals surface area contributed by atoms with Crippen molar-refractivity contribution in [1.29, 1.82) is 0 Å². The molecule has 0 unspecified atom stereocenters. The number of rotatable bonds is 7. The van der Waals surface area contributed by atoms with Crippen molar-refractivity contribution in [2.45, 2.75) is 25.8 Å². The van der Waals surface area contributed by atoms with Gasteiger partial charge in [0.25, 0.3) is 0 Å². The maximum Gasteiger partial charge on any atom is 0.226 e. The summed E-state index contributed by atoms with van der Waals surface area (Å²) in [6.45, 7) is 2.89. The Morgan fingerprint density at radius 2 is 2.17 bits per heavy atom. The average molecular weight is 320 g/mol. The van der Waals surface area contributed by atoms with Crippen LogP contribution in [0.2, 0.25) is 0 Å². The highest BCUT2D eigenvalue weighted by atomic mass is 16.5. The minimum Gasteiger partial charge on any atom is -0.496 e. The van der Waals surface area contributed by atoms with Crippen LogP contribution in [-0.4, -0.2) is 48.6 Å². The Kier molecular flexibility index (Phi) is 5.98. The molecule has 0 spiro atoms. The van der Waals surface area contributed by atoms with Crippen molar-refractivity contribution in [2.24, 2.45) is 5.92 Å². The van der Waals surface area contributed by atoms with E-state index in [4.69, 9.17) is 9.84 Å². The van der Waals surface area contributed by atoms with E-state index in [9.17, 15) is 9.59 Å². The molecule has 0 radical (unpaired) electrons. The monoisotopic (exact) mass is 320 g/mol. The van der Waals surface area contributed by atoms with E-state index in [0.29, 0.717) is 25.3 Å². The molecule has 0 aromatic heterocycles. The van der Waals surface area contributed by atoms with E-state index in [1.54, 1.807) is 12.0 Å². The molecule has 6 nitrogen and oxygen atoms in total. The van der Waals surface area contributed by atoms with Crippen molar-refractivity contribution in [3.8, 4) is 5.75 Å². The van der Waals surface area contributed by atoms with E-state index in [1.165, 1.54) is 0 Å². The molecule has 2 N–H and O–H groups in total. The molecule has 1 fully saturated rings. The molecular formula is C17H24N2O4. The molecule has 23 heavy (non-hydrogen) atoms. The van der Waals surface area contributed by atoms with Crippen molar-refractivity contribution >= 4 is 11.8 Å². The number of carbonyl (C=O) groups is 2. The molecule has 1 aromatic carbocycles. The van der Waals surface area contributed by atoms with E-state index in [-0.39, 0.29) is 30.9 Å². The number of hydrogen-bond acceptors (Lipinski definition) is 4. The molecule has 126 valence electrons. The van der Waals surface area contributed by atoms with Gasteiger partial charge >= 0.3 is 0 Å². The van der Waals surface area contributed by atoms with E-state index < -0.39 is 5.92 Å². The summed E-state index contributed by atoms with van der Waals surface area (Å²) in [7, 11) is 1.59. The summed E-state index contributed by atoms with van der Waals surface area (Å²) in [6.07, 6.45) is 0.699. The lowest BCUT2D eigenvalue weighted by Crippen LogP contribution is -2.36. The fourth-order valence-corrected chi connectivity index (χ4v) is 3.12. The zero-order chi connectivity index (χ0) is 16.8. The first-order valence-corrected chi connectivity index (χ1v) is 7.95. The molecule has 0 saturated carbocycles. The number of nitrogens with one attached hydrogen (secondary N) is 1. The van der Waals surface area contributed by atoms with Gasteiger partial charge in [-0.2, -0.15) is 0 Å². The Hall–Kier alpha value is -2.08. The van der Waals surface area contributed by atoms with Gasteiger partial charge in [-0.1, -0.05) is 18.2 Å². The van der Waals surface area contributed by atoms with Gasteiger partial charge in [0.1, 0.15) is 5.75 Å². The van der Waals surface area contributed by atoms with Gasteiger partial charge in [0.15, 0.2) is 0 Å². The fourth-order valence-electron chi connectivity index (χ4n) is 3.12. The highest BCUT2D eigenvalue weighted by Crippen LogP contribution is 2.41. The Morgan fingerprint density at radius 1 is 1.43 bits per heavy atom. The number of aliphatic hydroxyl groups is 1. The largest absolute Gasteiger partial charge is 0.496 e. The molecule has 2 atom stereocenters. The van der Waals surface area contributed by atoms with Crippen molar-refractivity contribution in [3.05, 3.63) is 29.8 Å². The lowest BCUT2D eigenvalue weighted by atomic mass is 9.92. The van der Waals surface area contributed by atoms with Crippen molar-refractivity contribution < 1.29 is 19.4 Å². The molecule has 1 saturated heterocycles. The number of benzene rings is 1. The number of likely N-dealkylation sites (tertiary alicyclic amines) is 1. The summed E-state index contributed by atoms with van der Waals surface area (Å²) < 4.78 is 5.41. The highest BCUT2D eigenvalue weighted by Gasteiger charge is 2.44. The van der Waals surface area contributed by atoms with Gasteiger partial charge in [-0.25, -0.2) is 0 Å². The Labute approximate surface area is 136 Å². The van der Waals surface area contributed by atoms with Crippen LogP contribution in [0.5, 0.6) is 5.75 Å². The molecule has 1 heterocycles. The first-order chi connectivity index (χ1) is 11.1. The SMILES string of the molecule is CCN1C(=O)C[C@@H](C(=O)NCCCO)[C@@H]1c1ccccc1OC. The third kappa shape index (κ3) is 3.64. The fraction of sp³-hybridized carbons (Fsp3) is 0.529. The van der Waals surface area contributed by atoms with Crippen LogP contribution in [0.25, 0.3) is 0 Å². The summed E-state index contributed by atoms with van der Waals surface area (Å²) in [5, 5.41) is 11.6. The maximum atomic E-state index is 12.5. The van der Waals surface area contributed by atoms with Crippen molar-refractivity contribution in [3.63, 3.8) is 0 Å². The molecule has 2 amide bonds. The van der Waals surface area contributed by atoms with Crippen LogP contribution in [0.3, 0.4) is 0 Å². The summed E-state index contributed by atoms with van der Waals surface area (Å²) in [5.41, 5.74) is 0.852. The lowest BCUT2D eigenvalue weighted by molar-refractivity contribution is -0.129. The number of aliphatic hydroxyl groups excluding tert-OH is 1. The van der Waals surface area contributed by atoms with Gasteiger partial charge in [-0.15, -0.1) is 0 Å². The van der Waals surface area contributed by atoms with E-state index >= 15 is 0 Å². The van der Waals surface area contributed by atoms with Gasteiger partial charge in [0.2, 0.25) is 11.8 Å². The first-order valence-electron chi connectivity index (χ1n) is 7.95. The molecule has 1 aromatic rings. The van der Waals surface area contributed by atoms with Gasteiger partial charge in [0, 0.05) is 31.7 Å². The van der Waals surface area contributed by atoms with Crippen LogP contribution in [0.1, 0.15) is 31.4 Å². The Bertz CT molecular complexity index is 561. The number of ether oxygens (including phenoxy) is 1. The summed E-state index contributed by atoms with van der Waals surface area (Å²) in [5.74, 6) is 0.0561.